The standard InChI is InChI=1S/C17H24O3/c1-3-5-7-14-10-12-15(13-11-14)16(18)8-6-9-17(19)20-4-2/h10-13H,3-9H2,1-2H3. The number of hydrogen-bond acceptors (Lipinski definition) is 3. The maximum absolute atomic E-state index is 12.0. The molecule has 0 atom stereocenters. The molecule has 0 amide bonds. The van der Waals surface area contributed by atoms with E-state index in [2.05, 4.69) is 6.92 Å². The zero-order valence-electron chi connectivity index (χ0n) is 12.5. The van der Waals surface area contributed by atoms with Crippen molar-refractivity contribution in [2.75, 3.05) is 6.61 Å². The highest BCUT2D eigenvalue weighted by atomic mass is 16.5. The van der Waals surface area contributed by atoms with Crippen LogP contribution in [0.15, 0.2) is 24.3 Å². The maximum Gasteiger partial charge on any atom is 0.305 e. The number of hydrogen-bond donors (Lipinski definition) is 0. The molecular weight excluding hydrogens is 252 g/mol. The molecule has 1 aromatic carbocycles. The summed E-state index contributed by atoms with van der Waals surface area (Å²) in [5.41, 5.74) is 2.00. The molecule has 0 spiro atoms. The van der Waals surface area contributed by atoms with E-state index in [9.17, 15) is 9.59 Å². The number of carbonyl (C=O) groups excluding carboxylic acids is 2. The van der Waals surface area contributed by atoms with Crippen molar-refractivity contribution in [2.24, 2.45) is 0 Å². The van der Waals surface area contributed by atoms with Crippen LogP contribution in [0.2, 0.25) is 0 Å². The lowest BCUT2D eigenvalue weighted by Gasteiger charge is -2.04. The summed E-state index contributed by atoms with van der Waals surface area (Å²) in [6.45, 7) is 4.34. The number of unbranched alkanes of at least 4 members (excludes halogenated alkanes) is 1. The van der Waals surface area contributed by atoms with Crippen LogP contribution in [0.1, 0.15) is 61.9 Å². The summed E-state index contributed by atoms with van der Waals surface area (Å²) in [7, 11) is 0. The number of carbonyl (C=O) groups is 2. The van der Waals surface area contributed by atoms with E-state index in [4.69, 9.17) is 4.74 Å². The first-order chi connectivity index (χ1) is 9.67. The minimum absolute atomic E-state index is 0.0938. The Bertz CT molecular complexity index is 420. The monoisotopic (exact) mass is 276 g/mol. The van der Waals surface area contributed by atoms with E-state index in [0.29, 0.717) is 25.9 Å². The SMILES string of the molecule is CCCCc1ccc(C(=O)CCCC(=O)OCC)cc1. The molecular formula is C17H24O3. The van der Waals surface area contributed by atoms with Gasteiger partial charge in [-0.05, 0) is 31.7 Å². The van der Waals surface area contributed by atoms with Gasteiger partial charge in [-0.3, -0.25) is 9.59 Å². The highest BCUT2D eigenvalue weighted by Gasteiger charge is 2.08. The summed E-state index contributed by atoms with van der Waals surface area (Å²) < 4.78 is 4.83. The molecule has 0 aliphatic heterocycles. The van der Waals surface area contributed by atoms with Gasteiger partial charge < -0.3 is 4.74 Å². The average molecular weight is 276 g/mol. The second-order valence-electron chi connectivity index (χ2n) is 4.88. The molecule has 0 unspecified atom stereocenters. The summed E-state index contributed by atoms with van der Waals surface area (Å²) >= 11 is 0. The molecule has 3 heteroatoms. The van der Waals surface area contributed by atoms with Crippen LogP contribution in [0.4, 0.5) is 0 Å². The van der Waals surface area contributed by atoms with E-state index in [1.54, 1.807) is 6.92 Å². The molecule has 0 radical (unpaired) electrons. The Kier molecular flexibility index (Phi) is 7.63. The van der Waals surface area contributed by atoms with E-state index in [1.807, 2.05) is 24.3 Å². The largest absolute Gasteiger partial charge is 0.466 e. The number of rotatable bonds is 9. The number of Topliss-reactive ketones (excluding diaryl/α,β-unsaturated/α-hetero) is 1. The number of aryl methyl sites for hydroxylation is 1. The lowest BCUT2D eigenvalue weighted by atomic mass is 10.0. The highest BCUT2D eigenvalue weighted by molar-refractivity contribution is 5.96. The van der Waals surface area contributed by atoms with E-state index >= 15 is 0 Å². The average Bonchev–Trinajstić information content (AvgIpc) is 2.46. The normalized spacial score (nSPS) is 10.3. The number of esters is 1. The molecule has 110 valence electrons. The molecule has 0 fully saturated rings. The van der Waals surface area contributed by atoms with E-state index in [1.165, 1.54) is 18.4 Å². The van der Waals surface area contributed by atoms with Crippen LogP contribution in [-0.4, -0.2) is 18.4 Å². The number of benzene rings is 1. The molecule has 1 rings (SSSR count). The topological polar surface area (TPSA) is 43.4 Å². The van der Waals surface area contributed by atoms with E-state index < -0.39 is 0 Å². The molecule has 0 saturated carbocycles. The molecule has 0 bridgehead atoms. The second kappa shape index (κ2) is 9.29. The Hall–Kier alpha value is -1.64. The Morgan fingerprint density at radius 1 is 1.00 bits per heavy atom. The summed E-state index contributed by atoms with van der Waals surface area (Å²) in [6, 6.07) is 7.82. The summed E-state index contributed by atoms with van der Waals surface area (Å²) in [6.07, 6.45) is 4.67. The zero-order valence-corrected chi connectivity index (χ0v) is 12.5. The minimum atomic E-state index is -0.227. The third-order valence-electron chi connectivity index (χ3n) is 3.18. The van der Waals surface area contributed by atoms with Gasteiger partial charge in [0.15, 0.2) is 5.78 Å². The molecule has 3 nitrogen and oxygen atoms in total. The number of ketones is 1. The van der Waals surface area contributed by atoms with Gasteiger partial charge in [0.25, 0.3) is 0 Å². The van der Waals surface area contributed by atoms with Gasteiger partial charge in [0.1, 0.15) is 0 Å². The summed E-state index contributed by atoms with van der Waals surface area (Å²) in [4.78, 5) is 23.1. The van der Waals surface area contributed by atoms with Crippen molar-refractivity contribution in [3.63, 3.8) is 0 Å². The molecule has 0 aliphatic rings. The Morgan fingerprint density at radius 2 is 1.70 bits per heavy atom. The van der Waals surface area contributed by atoms with Crippen LogP contribution in [-0.2, 0) is 16.0 Å². The first-order valence-electron chi connectivity index (χ1n) is 7.45. The number of ether oxygens (including phenoxy) is 1. The predicted molar refractivity (Wildman–Crippen MR) is 79.9 cm³/mol. The van der Waals surface area contributed by atoms with Crippen molar-refractivity contribution >= 4 is 11.8 Å². The lowest BCUT2D eigenvalue weighted by molar-refractivity contribution is -0.143. The first-order valence-corrected chi connectivity index (χ1v) is 7.45. The molecule has 0 aliphatic carbocycles. The fourth-order valence-electron chi connectivity index (χ4n) is 2.01. The molecule has 1 aromatic rings. The smallest absolute Gasteiger partial charge is 0.305 e. The van der Waals surface area contributed by atoms with Crippen molar-refractivity contribution < 1.29 is 14.3 Å². The van der Waals surface area contributed by atoms with Gasteiger partial charge in [-0.2, -0.15) is 0 Å². The molecule has 0 heterocycles. The summed E-state index contributed by atoms with van der Waals surface area (Å²) in [5, 5.41) is 0. The Balaban J connectivity index is 2.37. The molecule has 0 N–H and O–H groups in total. The zero-order chi connectivity index (χ0) is 14.8. The van der Waals surface area contributed by atoms with Crippen LogP contribution in [0.25, 0.3) is 0 Å². The van der Waals surface area contributed by atoms with Crippen LogP contribution < -0.4 is 0 Å². The van der Waals surface area contributed by atoms with Crippen molar-refractivity contribution in [3.8, 4) is 0 Å². The fraction of sp³-hybridized carbons (Fsp3) is 0.529. The van der Waals surface area contributed by atoms with E-state index in [0.717, 1.165) is 12.0 Å². The van der Waals surface area contributed by atoms with Crippen molar-refractivity contribution in [3.05, 3.63) is 35.4 Å². The van der Waals surface area contributed by atoms with Gasteiger partial charge in [0, 0.05) is 18.4 Å². The third kappa shape index (κ3) is 6.00. The van der Waals surface area contributed by atoms with Crippen molar-refractivity contribution in [1.82, 2.24) is 0 Å². The van der Waals surface area contributed by atoms with Gasteiger partial charge in [-0.25, -0.2) is 0 Å². The molecule has 0 aromatic heterocycles. The van der Waals surface area contributed by atoms with Gasteiger partial charge >= 0.3 is 5.97 Å². The predicted octanol–water partition coefficient (Wildman–Crippen LogP) is 3.95. The molecule has 0 saturated heterocycles. The summed E-state index contributed by atoms with van der Waals surface area (Å²) in [5.74, 6) is -0.133. The van der Waals surface area contributed by atoms with Crippen molar-refractivity contribution in [2.45, 2.75) is 52.4 Å². The van der Waals surface area contributed by atoms with Gasteiger partial charge in [-0.15, -0.1) is 0 Å². The Morgan fingerprint density at radius 3 is 2.30 bits per heavy atom. The first kappa shape index (κ1) is 16.4. The highest BCUT2D eigenvalue weighted by Crippen LogP contribution is 2.11. The van der Waals surface area contributed by atoms with Crippen LogP contribution in [0, 0.1) is 0 Å². The second-order valence-corrected chi connectivity index (χ2v) is 4.88. The minimum Gasteiger partial charge on any atom is -0.466 e. The molecule has 20 heavy (non-hydrogen) atoms. The van der Waals surface area contributed by atoms with Crippen LogP contribution in [0.5, 0.6) is 0 Å². The van der Waals surface area contributed by atoms with Gasteiger partial charge in [0.05, 0.1) is 6.61 Å². The van der Waals surface area contributed by atoms with Gasteiger partial charge in [0.2, 0.25) is 0 Å². The quantitative estimate of drug-likeness (QED) is 0.507. The Labute approximate surface area is 121 Å². The fourth-order valence-corrected chi connectivity index (χ4v) is 2.01. The van der Waals surface area contributed by atoms with Crippen LogP contribution >= 0.6 is 0 Å². The van der Waals surface area contributed by atoms with Crippen LogP contribution in [0.3, 0.4) is 0 Å². The third-order valence-corrected chi connectivity index (χ3v) is 3.18. The maximum atomic E-state index is 12.0. The van der Waals surface area contributed by atoms with Gasteiger partial charge in [-0.1, -0.05) is 37.6 Å². The van der Waals surface area contributed by atoms with E-state index in [-0.39, 0.29) is 11.8 Å². The van der Waals surface area contributed by atoms with Crippen molar-refractivity contribution in [1.29, 1.82) is 0 Å². The lowest BCUT2D eigenvalue weighted by Crippen LogP contribution is -2.05.